The molecule has 0 aliphatic heterocycles. The van der Waals surface area contributed by atoms with Gasteiger partial charge in [-0.05, 0) is 13.3 Å². The fourth-order valence-electron chi connectivity index (χ4n) is 1.36. The van der Waals surface area contributed by atoms with Gasteiger partial charge in [0.15, 0.2) is 5.43 Å². The second-order valence-corrected chi connectivity index (χ2v) is 3.70. The molecule has 0 aliphatic rings. The van der Waals surface area contributed by atoms with E-state index in [1.54, 1.807) is 18.5 Å². The first kappa shape index (κ1) is 12.2. The molecule has 86 valence electrons. The molecule has 4 nitrogen and oxygen atoms in total. The first-order valence-corrected chi connectivity index (χ1v) is 5.20. The second-order valence-electron chi connectivity index (χ2n) is 3.70. The Labute approximate surface area is 94.4 Å². The Kier molecular flexibility index (Phi) is 4.51. The Balaban J connectivity index is 2.52. The highest BCUT2D eigenvalue weighted by molar-refractivity contribution is 5.73. The summed E-state index contributed by atoms with van der Waals surface area (Å²) in [7, 11) is 0. The number of hydrogen-bond donors (Lipinski definition) is 2. The van der Waals surface area contributed by atoms with E-state index in [4.69, 9.17) is 0 Å². The van der Waals surface area contributed by atoms with Crippen molar-refractivity contribution < 1.29 is 4.79 Å². The van der Waals surface area contributed by atoms with E-state index in [0.29, 0.717) is 12.0 Å². The van der Waals surface area contributed by atoms with Crippen molar-refractivity contribution in [2.75, 3.05) is 0 Å². The van der Waals surface area contributed by atoms with E-state index in [1.165, 1.54) is 13.0 Å². The molecule has 0 aliphatic carbocycles. The molecule has 0 spiro atoms. The summed E-state index contributed by atoms with van der Waals surface area (Å²) in [4.78, 5) is 24.9. The number of nitrogens with one attached hydrogen (secondary N) is 2. The maximum absolute atomic E-state index is 11.3. The van der Waals surface area contributed by atoms with E-state index in [2.05, 4.69) is 10.3 Å². The van der Waals surface area contributed by atoms with E-state index < -0.39 is 0 Å². The topological polar surface area (TPSA) is 62.0 Å². The highest BCUT2D eigenvalue weighted by Gasteiger charge is 1.99. The molecule has 2 N–H and O–H groups in total. The SMILES string of the molecule is CC(=O)N[C@H](C)C/C=C/c1c[nH]ccc1=O. The van der Waals surface area contributed by atoms with Crippen LogP contribution in [0.2, 0.25) is 0 Å². The number of aromatic nitrogens is 1. The third-order valence-electron chi connectivity index (χ3n) is 2.09. The minimum absolute atomic E-state index is 0.0119. The summed E-state index contributed by atoms with van der Waals surface area (Å²) in [6.07, 6.45) is 7.59. The van der Waals surface area contributed by atoms with Crippen LogP contribution < -0.4 is 10.7 Å². The number of rotatable bonds is 4. The monoisotopic (exact) mass is 220 g/mol. The van der Waals surface area contributed by atoms with Crippen LogP contribution >= 0.6 is 0 Å². The zero-order chi connectivity index (χ0) is 12.0. The number of H-pyrrole nitrogens is 1. The molecule has 4 heteroatoms. The van der Waals surface area contributed by atoms with Gasteiger partial charge in [0.05, 0.1) is 0 Å². The summed E-state index contributed by atoms with van der Waals surface area (Å²) < 4.78 is 0. The molecule has 0 radical (unpaired) electrons. The van der Waals surface area contributed by atoms with E-state index in [-0.39, 0.29) is 17.4 Å². The van der Waals surface area contributed by atoms with Crippen LogP contribution in [0.1, 0.15) is 25.8 Å². The molecular formula is C12H16N2O2. The summed E-state index contributed by atoms with van der Waals surface area (Å²) in [5.41, 5.74) is 0.611. The van der Waals surface area contributed by atoms with Gasteiger partial charge in [-0.15, -0.1) is 0 Å². The molecule has 1 aromatic heterocycles. The van der Waals surface area contributed by atoms with Crippen LogP contribution in [0.25, 0.3) is 6.08 Å². The van der Waals surface area contributed by atoms with Crippen molar-refractivity contribution in [1.29, 1.82) is 0 Å². The number of carbonyl (C=O) groups excluding carboxylic acids is 1. The molecule has 1 amide bonds. The molecule has 0 bridgehead atoms. The Morgan fingerprint density at radius 2 is 2.38 bits per heavy atom. The van der Waals surface area contributed by atoms with Crippen molar-refractivity contribution in [2.24, 2.45) is 0 Å². The van der Waals surface area contributed by atoms with Gasteiger partial charge in [0.2, 0.25) is 5.91 Å². The predicted molar refractivity (Wildman–Crippen MR) is 64.0 cm³/mol. The van der Waals surface area contributed by atoms with Gasteiger partial charge >= 0.3 is 0 Å². The van der Waals surface area contributed by atoms with Crippen LogP contribution in [0, 0.1) is 0 Å². The van der Waals surface area contributed by atoms with E-state index in [9.17, 15) is 9.59 Å². The zero-order valence-corrected chi connectivity index (χ0v) is 9.49. The Morgan fingerprint density at radius 1 is 1.62 bits per heavy atom. The smallest absolute Gasteiger partial charge is 0.217 e. The first-order chi connectivity index (χ1) is 7.59. The summed E-state index contributed by atoms with van der Waals surface area (Å²) in [6.45, 7) is 3.41. The van der Waals surface area contributed by atoms with Crippen LogP contribution in [-0.2, 0) is 4.79 Å². The van der Waals surface area contributed by atoms with Gasteiger partial charge in [-0.3, -0.25) is 9.59 Å². The fraction of sp³-hybridized carbons (Fsp3) is 0.333. The Morgan fingerprint density at radius 3 is 3.00 bits per heavy atom. The largest absolute Gasteiger partial charge is 0.367 e. The third kappa shape index (κ3) is 4.13. The molecule has 0 saturated heterocycles. The lowest BCUT2D eigenvalue weighted by atomic mass is 10.2. The van der Waals surface area contributed by atoms with Gasteiger partial charge in [0.1, 0.15) is 0 Å². The molecule has 0 aromatic carbocycles. The van der Waals surface area contributed by atoms with E-state index >= 15 is 0 Å². The lowest BCUT2D eigenvalue weighted by molar-refractivity contribution is -0.119. The van der Waals surface area contributed by atoms with Crippen molar-refractivity contribution in [3.8, 4) is 0 Å². The fourth-order valence-corrected chi connectivity index (χ4v) is 1.36. The summed E-state index contributed by atoms with van der Waals surface area (Å²) in [5, 5.41) is 2.77. The molecule has 16 heavy (non-hydrogen) atoms. The molecular weight excluding hydrogens is 204 g/mol. The molecule has 1 aromatic rings. The summed E-state index contributed by atoms with van der Waals surface area (Å²) in [6, 6.07) is 1.56. The summed E-state index contributed by atoms with van der Waals surface area (Å²) in [5.74, 6) is -0.0431. The van der Waals surface area contributed by atoms with E-state index in [0.717, 1.165) is 0 Å². The zero-order valence-electron chi connectivity index (χ0n) is 9.49. The van der Waals surface area contributed by atoms with Crippen molar-refractivity contribution >= 4 is 12.0 Å². The second kappa shape index (κ2) is 5.90. The van der Waals surface area contributed by atoms with Crippen LogP contribution in [0.15, 0.2) is 29.3 Å². The Bertz CT molecular complexity index is 435. The summed E-state index contributed by atoms with van der Waals surface area (Å²) >= 11 is 0. The number of hydrogen-bond acceptors (Lipinski definition) is 2. The number of pyridine rings is 1. The third-order valence-corrected chi connectivity index (χ3v) is 2.09. The van der Waals surface area contributed by atoms with Crippen LogP contribution in [0.5, 0.6) is 0 Å². The van der Waals surface area contributed by atoms with Gasteiger partial charge in [0, 0.05) is 37.0 Å². The molecule has 0 saturated carbocycles. The normalized spacial score (nSPS) is 12.6. The molecule has 1 heterocycles. The number of amides is 1. The molecule has 1 rings (SSSR count). The van der Waals surface area contributed by atoms with Crippen molar-refractivity contribution in [2.45, 2.75) is 26.3 Å². The maximum atomic E-state index is 11.3. The number of carbonyl (C=O) groups is 1. The molecule has 0 fully saturated rings. The quantitative estimate of drug-likeness (QED) is 0.803. The standard InChI is InChI=1S/C12H16N2O2/c1-9(14-10(2)15)4-3-5-11-8-13-7-6-12(11)16/h3,5-9H,4H2,1-2H3,(H,13,16)(H,14,15)/b5-3+/t9-/m1/s1. The van der Waals surface area contributed by atoms with Gasteiger partial charge in [-0.25, -0.2) is 0 Å². The predicted octanol–water partition coefficient (Wildman–Crippen LogP) is 1.30. The molecule has 1 atom stereocenters. The van der Waals surface area contributed by atoms with Crippen molar-refractivity contribution in [3.63, 3.8) is 0 Å². The highest BCUT2D eigenvalue weighted by atomic mass is 16.1. The van der Waals surface area contributed by atoms with Gasteiger partial charge in [-0.2, -0.15) is 0 Å². The van der Waals surface area contributed by atoms with Gasteiger partial charge < -0.3 is 10.3 Å². The van der Waals surface area contributed by atoms with Gasteiger partial charge in [-0.1, -0.05) is 12.2 Å². The van der Waals surface area contributed by atoms with Gasteiger partial charge in [0.25, 0.3) is 0 Å². The average Bonchev–Trinajstić information content (AvgIpc) is 2.19. The first-order valence-electron chi connectivity index (χ1n) is 5.20. The Hall–Kier alpha value is -1.84. The van der Waals surface area contributed by atoms with Crippen LogP contribution in [0.4, 0.5) is 0 Å². The maximum Gasteiger partial charge on any atom is 0.217 e. The van der Waals surface area contributed by atoms with Crippen molar-refractivity contribution in [3.05, 3.63) is 40.3 Å². The van der Waals surface area contributed by atoms with Crippen molar-refractivity contribution in [1.82, 2.24) is 10.3 Å². The van der Waals surface area contributed by atoms with E-state index in [1.807, 2.05) is 13.0 Å². The lowest BCUT2D eigenvalue weighted by Crippen LogP contribution is -2.29. The number of aromatic amines is 1. The lowest BCUT2D eigenvalue weighted by Gasteiger charge is -2.08. The minimum atomic E-state index is -0.0431. The minimum Gasteiger partial charge on any atom is -0.367 e. The van der Waals surface area contributed by atoms with Crippen LogP contribution in [0.3, 0.4) is 0 Å². The van der Waals surface area contributed by atoms with Crippen LogP contribution in [-0.4, -0.2) is 16.9 Å². The average molecular weight is 220 g/mol. The molecule has 0 unspecified atom stereocenters. The highest BCUT2D eigenvalue weighted by Crippen LogP contribution is 1.97.